The molecule has 1 aromatic heterocycles. The van der Waals surface area contributed by atoms with Crippen molar-refractivity contribution in [2.45, 2.75) is 101 Å². The maximum absolute atomic E-state index is 14.6. The number of hydrogen-bond donors (Lipinski definition) is 2. The monoisotopic (exact) mass is 831 g/mol. The van der Waals surface area contributed by atoms with Crippen LogP contribution in [0.1, 0.15) is 78.1 Å². The zero-order valence-corrected chi connectivity index (χ0v) is 33.9. The Bertz CT molecular complexity index is 1950. The number of rotatable bonds is 9. The van der Waals surface area contributed by atoms with Gasteiger partial charge in [-0.1, -0.05) is 25.0 Å². The van der Waals surface area contributed by atoms with Crippen LogP contribution in [0.4, 0.5) is 4.79 Å². The Kier molecular flexibility index (Phi) is 11.5. The third kappa shape index (κ3) is 8.05. The van der Waals surface area contributed by atoms with Crippen LogP contribution in [-0.2, 0) is 24.4 Å². The van der Waals surface area contributed by atoms with E-state index in [1.54, 1.807) is 40.3 Å². The molecule has 2 N–H and O–H groups in total. The second-order valence-corrected chi connectivity index (χ2v) is 18.3. The molecule has 3 heterocycles. The number of aromatic nitrogens is 1. The minimum atomic E-state index is -3.95. The van der Waals surface area contributed by atoms with Crippen molar-refractivity contribution in [2.75, 3.05) is 34.4 Å². The Balaban J connectivity index is 1.35. The normalized spacial score (nSPS) is 27.4. The molecule has 0 spiro atoms. The van der Waals surface area contributed by atoms with Gasteiger partial charge in [0.15, 0.2) is 5.78 Å². The molecule has 16 heteroatoms. The topological polar surface area (TPSA) is 174 Å². The zero-order valence-electron chi connectivity index (χ0n) is 31.5. The Morgan fingerprint density at radius 2 is 1.89 bits per heavy atom. The van der Waals surface area contributed by atoms with Crippen LogP contribution in [0, 0.1) is 11.3 Å². The predicted molar refractivity (Wildman–Crippen MR) is 205 cm³/mol. The number of ether oxygens (including phenoxy) is 3. The van der Waals surface area contributed by atoms with Gasteiger partial charge < -0.3 is 29.3 Å². The van der Waals surface area contributed by atoms with Gasteiger partial charge in [-0.15, -0.1) is 0 Å². The number of ketones is 1. The smallest absolute Gasteiger partial charge is 0.317 e. The van der Waals surface area contributed by atoms with Gasteiger partial charge in [0.1, 0.15) is 23.6 Å². The van der Waals surface area contributed by atoms with Crippen molar-refractivity contribution in [2.24, 2.45) is 11.3 Å². The van der Waals surface area contributed by atoms with Gasteiger partial charge >= 0.3 is 6.03 Å². The number of urea groups is 1. The van der Waals surface area contributed by atoms with E-state index in [1.807, 2.05) is 25.1 Å². The zero-order chi connectivity index (χ0) is 39.0. The van der Waals surface area contributed by atoms with Gasteiger partial charge in [-0.2, -0.15) is 0 Å². The predicted octanol–water partition coefficient (Wildman–Crippen LogP) is 4.88. The standard InChI is InChI=1S/C38H50BrN5O9S/c1-6-52-31-19-30(25-14-15-29(51-5)32(39)33(25)41-31)53-24-18-27-28(45)21-38(35(47)42-54(49,50)37(2)16-17-37)20-23(38)12-10-8-7-9-11-13-26(34(46)44(27)22-24)40-36(48)43(3)4/h10,12,14-15,19,23-24,26-27H,6-9,11,13,16-18,20-22H2,1-5H3,(H,40,48)(H,42,47)/b12-10-/t23-,24+,26-,27-,38+/m0/s1. The first-order valence-electron chi connectivity index (χ1n) is 18.6. The van der Waals surface area contributed by atoms with Crippen LogP contribution >= 0.6 is 15.9 Å². The lowest BCUT2D eigenvalue weighted by molar-refractivity contribution is -0.140. The summed E-state index contributed by atoms with van der Waals surface area (Å²) in [6, 6.07) is 2.93. The minimum Gasteiger partial charge on any atom is -0.495 e. The molecule has 1 saturated heterocycles. The van der Waals surface area contributed by atoms with Crippen LogP contribution in [0.15, 0.2) is 34.8 Å². The molecule has 0 bridgehead atoms. The van der Waals surface area contributed by atoms with Crippen molar-refractivity contribution in [3.8, 4) is 17.4 Å². The molecule has 5 atom stereocenters. The number of sulfonamides is 1. The maximum Gasteiger partial charge on any atom is 0.317 e. The van der Waals surface area contributed by atoms with E-state index in [9.17, 15) is 27.6 Å². The molecule has 1 aromatic carbocycles. The van der Waals surface area contributed by atoms with Gasteiger partial charge in [-0.25, -0.2) is 18.2 Å². The van der Waals surface area contributed by atoms with E-state index in [2.05, 4.69) is 31.0 Å². The number of carbonyl (C=O) groups excluding carboxylic acids is 4. The largest absolute Gasteiger partial charge is 0.495 e. The van der Waals surface area contributed by atoms with Crippen molar-refractivity contribution in [1.29, 1.82) is 0 Å². The van der Waals surface area contributed by atoms with E-state index in [0.29, 0.717) is 71.5 Å². The van der Waals surface area contributed by atoms with Crippen molar-refractivity contribution >= 4 is 60.5 Å². The number of Topliss-reactive ketones (excluding diaryl/α,β-unsaturated/α-hetero) is 1. The summed E-state index contributed by atoms with van der Waals surface area (Å²) in [6.07, 6.45) is 7.74. The lowest BCUT2D eigenvalue weighted by atomic mass is 9.91. The highest BCUT2D eigenvalue weighted by Crippen LogP contribution is 2.57. The number of fused-ring (bicyclic) bond motifs is 3. The van der Waals surface area contributed by atoms with Crippen molar-refractivity contribution in [1.82, 2.24) is 24.8 Å². The van der Waals surface area contributed by atoms with Gasteiger partial charge in [-0.05, 0) is 86.4 Å². The van der Waals surface area contributed by atoms with E-state index in [1.165, 1.54) is 9.80 Å². The molecule has 2 saturated carbocycles. The third-order valence-electron chi connectivity index (χ3n) is 11.2. The Morgan fingerprint density at radius 3 is 2.57 bits per heavy atom. The Morgan fingerprint density at radius 1 is 1.13 bits per heavy atom. The second kappa shape index (κ2) is 15.7. The number of pyridine rings is 1. The first kappa shape index (κ1) is 39.8. The lowest BCUT2D eigenvalue weighted by Crippen LogP contribution is -2.54. The summed E-state index contributed by atoms with van der Waals surface area (Å²) >= 11 is 3.59. The number of methoxy groups -OCH3 is 1. The van der Waals surface area contributed by atoms with Crippen LogP contribution in [0.5, 0.6) is 17.4 Å². The molecule has 2 aliphatic carbocycles. The van der Waals surface area contributed by atoms with Crippen LogP contribution in [0.2, 0.25) is 0 Å². The number of hydrogen-bond acceptors (Lipinski definition) is 10. The van der Waals surface area contributed by atoms with E-state index < -0.39 is 56.2 Å². The average Bonchev–Trinajstić information content (AvgIpc) is 4.00. The first-order chi connectivity index (χ1) is 25.6. The van der Waals surface area contributed by atoms with E-state index >= 15 is 0 Å². The van der Waals surface area contributed by atoms with E-state index in [4.69, 9.17) is 14.2 Å². The Labute approximate surface area is 324 Å². The quantitative estimate of drug-likeness (QED) is 0.332. The molecule has 294 valence electrons. The van der Waals surface area contributed by atoms with Crippen molar-refractivity contribution < 1.29 is 41.8 Å². The highest BCUT2D eigenvalue weighted by Gasteiger charge is 2.62. The SMILES string of the molecule is CCOc1cc(O[C@@H]2C[C@H]3C(=O)C[C@]4(C(=O)NS(=O)(=O)C5(C)CC5)C[C@@H]4/C=C\CCCCC[C@H](NC(=O)N(C)C)C(=O)N3C2)c2ccc(OC)c(Br)c2n1. The number of benzene rings is 1. The summed E-state index contributed by atoms with van der Waals surface area (Å²) in [7, 11) is 0.788. The first-order valence-corrected chi connectivity index (χ1v) is 20.9. The number of amides is 4. The second-order valence-electron chi connectivity index (χ2n) is 15.3. The van der Waals surface area contributed by atoms with Gasteiger partial charge in [0.2, 0.25) is 27.7 Å². The van der Waals surface area contributed by atoms with E-state index in [-0.39, 0.29) is 31.1 Å². The fourth-order valence-corrected chi connectivity index (χ4v) is 9.34. The van der Waals surface area contributed by atoms with Gasteiger partial charge in [0, 0.05) is 38.4 Å². The summed E-state index contributed by atoms with van der Waals surface area (Å²) in [6.45, 7) is 3.84. The summed E-state index contributed by atoms with van der Waals surface area (Å²) in [5.74, 6) is -0.488. The van der Waals surface area contributed by atoms with Crippen molar-refractivity contribution in [3.63, 3.8) is 0 Å². The van der Waals surface area contributed by atoms with Crippen LogP contribution in [0.3, 0.4) is 0 Å². The summed E-state index contributed by atoms with van der Waals surface area (Å²) < 4.78 is 46.1. The van der Waals surface area contributed by atoms with Gasteiger partial charge in [0.05, 0.1) is 46.5 Å². The average molecular weight is 833 g/mol. The number of allylic oxidation sites excluding steroid dienone is 2. The van der Waals surface area contributed by atoms with Gasteiger partial charge in [-0.3, -0.25) is 19.1 Å². The molecule has 2 aliphatic heterocycles. The molecule has 4 amide bonds. The number of nitrogens with one attached hydrogen (secondary N) is 2. The molecule has 6 rings (SSSR count). The molecular formula is C38H50BrN5O9S. The number of halogens is 1. The molecule has 0 unspecified atom stereocenters. The molecule has 54 heavy (non-hydrogen) atoms. The number of carbonyl (C=O) groups is 4. The third-order valence-corrected chi connectivity index (χ3v) is 14.1. The molecule has 4 aliphatic rings. The highest BCUT2D eigenvalue weighted by molar-refractivity contribution is 9.10. The fraction of sp³-hybridized carbons (Fsp3) is 0.605. The van der Waals surface area contributed by atoms with Crippen LogP contribution in [0.25, 0.3) is 10.9 Å². The van der Waals surface area contributed by atoms with Crippen LogP contribution in [-0.4, -0.2) is 104 Å². The lowest BCUT2D eigenvalue weighted by Gasteiger charge is -2.30. The van der Waals surface area contributed by atoms with E-state index in [0.717, 1.165) is 19.3 Å². The molecule has 3 fully saturated rings. The molecule has 0 radical (unpaired) electrons. The fourth-order valence-electron chi connectivity index (χ4n) is 7.41. The number of nitrogens with zero attached hydrogens (tertiary/aromatic N) is 3. The van der Waals surface area contributed by atoms with Crippen LogP contribution < -0.4 is 24.2 Å². The summed E-state index contributed by atoms with van der Waals surface area (Å²) in [4.78, 5) is 63.3. The van der Waals surface area contributed by atoms with Crippen molar-refractivity contribution in [3.05, 3.63) is 34.8 Å². The summed E-state index contributed by atoms with van der Waals surface area (Å²) in [5, 5.41) is 3.51. The van der Waals surface area contributed by atoms with Gasteiger partial charge in [0.25, 0.3) is 0 Å². The summed E-state index contributed by atoms with van der Waals surface area (Å²) in [5.41, 5.74) is -0.727. The Hall–Kier alpha value is -3.92. The molecular weight excluding hydrogens is 782 g/mol. The highest BCUT2D eigenvalue weighted by atomic mass is 79.9. The minimum absolute atomic E-state index is 0.0317. The molecule has 2 aromatic rings. The maximum atomic E-state index is 14.6. The molecule has 14 nitrogen and oxygen atoms in total.